The third-order valence-electron chi connectivity index (χ3n) is 2.14. The quantitative estimate of drug-likeness (QED) is 0.815. The third-order valence-corrected chi connectivity index (χ3v) is 2.14. The SMILES string of the molecule is CC(CN)CNC(=O)c1cc(F)cc(F)c1. The van der Waals surface area contributed by atoms with Crippen LogP contribution in [0.2, 0.25) is 0 Å². The van der Waals surface area contributed by atoms with Crippen LogP contribution in [0.3, 0.4) is 0 Å². The van der Waals surface area contributed by atoms with Gasteiger partial charge < -0.3 is 11.1 Å². The smallest absolute Gasteiger partial charge is 0.251 e. The second-order valence-corrected chi connectivity index (χ2v) is 3.71. The summed E-state index contributed by atoms with van der Waals surface area (Å²) in [5, 5.41) is 2.55. The van der Waals surface area contributed by atoms with Crippen LogP contribution in [0.15, 0.2) is 18.2 Å². The van der Waals surface area contributed by atoms with Crippen molar-refractivity contribution in [2.75, 3.05) is 13.1 Å². The second-order valence-electron chi connectivity index (χ2n) is 3.71. The van der Waals surface area contributed by atoms with Crippen molar-refractivity contribution in [1.29, 1.82) is 0 Å². The van der Waals surface area contributed by atoms with Gasteiger partial charge in [-0.05, 0) is 24.6 Å². The Kier molecular flexibility index (Phi) is 4.37. The van der Waals surface area contributed by atoms with Crippen LogP contribution in [0.1, 0.15) is 17.3 Å². The normalized spacial score (nSPS) is 12.2. The summed E-state index contributed by atoms with van der Waals surface area (Å²) in [5.41, 5.74) is 5.35. The Bertz CT molecular complexity index is 362. The summed E-state index contributed by atoms with van der Waals surface area (Å²) in [5.74, 6) is -1.91. The summed E-state index contributed by atoms with van der Waals surface area (Å²) in [6, 6.07) is 2.70. The molecule has 3 nitrogen and oxygen atoms in total. The summed E-state index contributed by atoms with van der Waals surface area (Å²) >= 11 is 0. The fourth-order valence-electron chi connectivity index (χ4n) is 1.14. The van der Waals surface area contributed by atoms with E-state index in [0.29, 0.717) is 13.1 Å². The molecule has 0 spiro atoms. The number of nitrogens with one attached hydrogen (secondary N) is 1. The van der Waals surface area contributed by atoms with Crippen molar-refractivity contribution in [3.63, 3.8) is 0 Å². The Hall–Kier alpha value is -1.49. The van der Waals surface area contributed by atoms with E-state index in [1.165, 1.54) is 0 Å². The molecule has 0 aliphatic rings. The highest BCUT2D eigenvalue weighted by atomic mass is 19.1. The minimum absolute atomic E-state index is 0.0262. The van der Waals surface area contributed by atoms with Crippen molar-refractivity contribution in [2.45, 2.75) is 6.92 Å². The molecule has 88 valence electrons. The van der Waals surface area contributed by atoms with E-state index in [1.54, 1.807) is 0 Å². The number of amides is 1. The lowest BCUT2D eigenvalue weighted by Gasteiger charge is -2.10. The molecule has 0 aliphatic carbocycles. The van der Waals surface area contributed by atoms with Crippen molar-refractivity contribution >= 4 is 5.91 Å². The molecule has 1 rings (SSSR count). The molecule has 0 saturated heterocycles. The van der Waals surface area contributed by atoms with Crippen molar-refractivity contribution in [1.82, 2.24) is 5.32 Å². The molecule has 1 aromatic rings. The number of rotatable bonds is 4. The molecule has 1 atom stereocenters. The molecule has 5 heteroatoms. The van der Waals surface area contributed by atoms with Gasteiger partial charge in [0.1, 0.15) is 11.6 Å². The lowest BCUT2D eigenvalue weighted by Crippen LogP contribution is -2.31. The van der Waals surface area contributed by atoms with Crippen molar-refractivity contribution < 1.29 is 13.6 Å². The van der Waals surface area contributed by atoms with Crippen LogP contribution in [0.4, 0.5) is 8.78 Å². The molecule has 0 saturated carbocycles. The predicted octanol–water partition coefficient (Wildman–Crippen LogP) is 1.29. The summed E-state index contributed by atoms with van der Waals surface area (Å²) in [6.45, 7) is 2.69. The van der Waals surface area contributed by atoms with Crippen LogP contribution < -0.4 is 11.1 Å². The predicted molar refractivity (Wildman–Crippen MR) is 56.9 cm³/mol. The molecular formula is C11H14F2N2O. The molecule has 0 bridgehead atoms. The number of carbonyl (C=O) groups excluding carboxylic acids is 1. The Morgan fingerprint density at radius 2 is 1.94 bits per heavy atom. The minimum atomic E-state index is -0.767. The molecule has 0 aliphatic heterocycles. The molecule has 16 heavy (non-hydrogen) atoms. The van der Waals surface area contributed by atoms with Crippen molar-refractivity contribution in [3.8, 4) is 0 Å². The molecule has 0 heterocycles. The molecule has 1 unspecified atom stereocenters. The lowest BCUT2D eigenvalue weighted by atomic mass is 10.1. The first kappa shape index (κ1) is 12.6. The van der Waals surface area contributed by atoms with Gasteiger partial charge in [0, 0.05) is 18.2 Å². The maximum Gasteiger partial charge on any atom is 0.251 e. The zero-order valence-electron chi connectivity index (χ0n) is 8.97. The Morgan fingerprint density at radius 1 is 1.38 bits per heavy atom. The highest BCUT2D eigenvalue weighted by molar-refractivity contribution is 5.94. The van der Waals surface area contributed by atoms with Crippen molar-refractivity contribution in [2.24, 2.45) is 11.7 Å². The van der Waals surface area contributed by atoms with Crippen LogP contribution in [-0.4, -0.2) is 19.0 Å². The third kappa shape index (κ3) is 3.58. The number of hydrogen-bond acceptors (Lipinski definition) is 2. The maximum atomic E-state index is 12.8. The van der Waals surface area contributed by atoms with Crippen molar-refractivity contribution in [3.05, 3.63) is 35.4 Å². The van der Waals surface area contributed by atoms with Gasteiger partial charge in [0.15, 0.2) is 0 Å². The molecular weight excluding hydrogens is 214 g/mol. The Morgan fingerprint density at radius 3 is 2.44 bits per heavy atom. The summed E-state index contributed by atoms with van der Waals surface area (Å²) < 4.78 is 25.6. The molecule has 0 radical (unpaired) electrons. The molecule has 0 aromatic heterocycles. The van der Waals surface area contributed by atoms with Gasteiger partial charge in [-0.3, -0.25) is 4.79 Å². The number of nitrogens with two attached hydrogens (primary N) is 1. The average molecular weight is 228 g/mol. The number of halogens is 2. The molecule has 3 N–H and O–H groups in total. The largest absolute Gasteiger partial charge is 0.352 e. The monoisotopic (exact) mass is 228 g/mol. The standard InChI is InChI=1S/C11H14F2N2O/c1-7(5-14)6-15-11(16)8-2-9(12)4-10(13)3-8/h2-4,7H,5-6,14H2,1H3,(H,15,16). The van der Waals surface area contributed by atoms with E-state index < -0.39 is 17.5 Å². The van der Waals surface area contributed by atoms with Crippen LogP contribution >= 0.6 is 0 Å². The van der Waals surface area contributed by atoms with E-state index in [2.05, 4.69) is 5.32 Å². The van der Waals surface area contributed by atoms with Gasteiger partial charge in [0.05, 0.1) is 0 Å². The highest BCUT2D eigenvalue weighted by Crippen LogP contribution is 2.07. The highest BCUT2D eigenvalue weighted by Gasteiger charge is 2.09. The van der Waals surface area contributed by atoms with Gasteiger partial charge in [-0.1, -0.05) is 6.92 Å². The van der Waals surface area contributed by atoms with Crippen LogP contribution in [0, 0.1) is 17.6 Å². The Balaban J connectivity index is 2.66. The molecule has 1 amide bonds. The van der Waals surface area contributed by atoms with Gasteiger partial charge in [-0.2, -0.15) is 0 Å². The molecule has 0 fully saturated rings. The van der Waals surface area contributed by atoms with Gasteiger partial charge in [0.2, 0.25) is 0 Å². The van der Waals surface area contributed by atoms with E-state index in [9.17, 15) is 13.6 Å². The van der Waals surface area contributed by atoms with Gasteiger partial charge in [-0.15, -0.1) is 0 Å². The minimum Gasteiger partial charge on any atom is -0.352 e. The van der Waals surface area contributed by atoms with Crippen LogP contribution in [-0.2, 0) is 0 Å². The van der Waals surface area contributed by atoms with Gasteiger partial charge >= 0.3 is 0 Å². The number of benzene rings is 1. The Labute approximate surface area is 92.6 Å². The summed E-state index contributed by atoms with van der Waals surface area (Å²) in [4.78, 5) is 11.5. The first-order valence-corrected chi connectivity index (χ1v) is 4.97. The first-order chi connectivity index (χ1) is 7.52. The second kappa shape index (κ2) is 5.55. The number of carbonyl (C=O) groups is 1. The summed E-state index contributed by atoms with van der Waals surface area (Å²) in [6.07, 6.45) is 0. The first-order valence-electron chi connectivity index (χ1n) is 4.97. The van der Waals surface area contributed by atoms with E-state index in [4.69, 9.17) is 5.73 Å². The van der Waals surface area contributed by atoms with Gasteiger partial charge in [-0.25, -0.2) is 8.78 Å². The number of hydrogen-bond donors (Lipinski definition) is 2. The summed E-state index contributed by atoms with van der Waals surface area (Å²) in [7, 11) is 0. The van der Waals surface area contributed by atoms with E-state index in [1.807, 2.05) is 6.92 Å². The topological polar surface area (TPSA) is 55.1 Å². The average Bonchev–Trinajstić information content (AvgIpc) is 2.23. The van der Waals surface area contributed by atoms with E-state index in [-0.39, 0.29) is 11.5 Å². The maximum absolute atomic E-state index is 12.8. The zero-order valence-corrected chi connectivity index (χ0v) is 8.97. The fraction of sp³-hybridized carbons (Fsp3) is 0.364. The van der Waals surface area contributed by atoms with E-state index >= 15 is 0 Å². The van der Waals surface area contributed by atoms with Crippen LogP contribution in [0.25, 0.3) is 0 Å². The lowest BCUT2D eigenvalue weighted by molar-refractivity contribution is 0.0947. The zero-order chi connectivity index (χ0) is 12.1. The molecule has 1 aromatic carbocycles. The van der Waals surface area contributed by atoms with Crippen LogP contribution in [0.5, 0.6) is 0 Å². The van der Waals surface area contributed by atoms with E-state index in [0.717, 1.165) is 18.2 Å². The van der Waals surface area contributed by atoms with Gasteiger partial charge in [0.25, 0.3) is 5.91 Å². The fourth-order valence-corrected chi connectivity index (χ4v) is 1.14.